The number of fused-ring (bicyclic) bond motifs is 1. The molecule has 22 heavy (non-hydrogen) atoms. The molecule has 0 N–H and O–H groups in total. The first-order chi connectivity index (χ1) is 10.5. The Morgan fingerprint density at radius 2 is 1.91 bits per heavy atom. The van der Waals surface area contributed by atoms with E-state index in [1.54, 1.807) is 0 Å². The summed E-state index contributed by atoms with van der Waals surface area (Å²) in [6.07, 6.45) is 1.03. The zero-order chi connectivity index (χ0) is 15.7. The summed E-state index contributed by atoms with van der Waals surface area (Å²) in [7, 11) is 2.11. The topological polar surface area (TPSA) is 36.4 Å². The van der Waals surface area contributed by atoms with Crippen LogP contribution in [0.2, 0.25) is 0 Å². The molecule has 4 heteroatoms. The summed E-state index contributed by atoms with van der Waals surface area (Å²) in [6, 6.07) is 8.17. The molecule has 1 aromatic heterocycles. The zero-order valence-electron chi connectivity index (χ0n) is 13.6. The van der Waals surface area contributed by atoms with Crippen molar-refractivity contribution in [2.75, 3.05) is 33.2 Å². The van der Waals surface area contributed by atoms with Crippen molar-refractivity contribution in [1.29, 1.82) is 0 Å². The van der Waals surface area contributed by atoms with Crippen molar-refractivity contribution >= 4 is 16.8 Å². The SMILES string of the molecule is Cc1ccc2cc(C(=O)N3CCCN(C)CC3)c(C)nc2c1. The van der Waals surface area contributed by atoms with Crippen LogP contribution in [0.4, 0.5) is 0 Å². The number of carbonyl (C=O) groups excluding carboxylic acids is 1. The Morgan fingerprint density at radius 3 is 2.73 bits per heavy atom. The number of amides is 1. The number of nitrogens with zero attached hydrogens (tertiary/aromatic N) is 3. The maximum absolute atomic E-state index is 12.9. The molecule has 3 rings (SSSR count). The Kier molecular flexibility index (Phi) is 4.12. The average Bonchev–Trinajstić information content (AvgIpc) is 2.70. The van der Waals surface area contributed by atoms with Crippen LogP contribution in [0.25, 0.3) is 10.9 Å². The Balaban J connectivity index is 1.93. The largest absolute Gasteiger partial charge is 0.337 e. The second-order valence-corrected chi connectivity index (χ2v) is 6.27. The summed E-state index contributed by atoms with van der Waals surface area (Å²) in [5.74, 6) is 0.114. The number of pyridine rings is 1. The minimum absolute atomic E-state index is 0.114. The van der Waals surface area contributed by atoms with Crippen molar-refractivity contribution in [1.82, 2.24) is 14.8 Å². The number of benzene rings is 1. The van der Waals surface area contributed by atoms with Crippen LogP contribution in [0.3, 0.4) is 0 Å². The minimum Gasteiger partial charge on any atom is -0.337 e. The van der Waals surface area contributed by atoms with Crippen LogP contribution >= 0.6 is 0 Å². The fourth-order valence-electron chi connectivity index (χ4n) is 3.01. The highest BCUT2D eigenvalue weighted by atomic mass is 16.2. The first kappa shape index (κ1) is 15.0. The molecule has 116 valence electrons. The van der Waals surface area contributed by atoms with Crippen LogP contribution in [0.5, 0.6) is 0 Å². The molecule has 0 bridgehead atoms. The third-order valence-electron chi connectivity index (χ3n) is 4.40. The van der Waals surface area contributed by atoms with Gasteiger partial charge in [0.05, 0.1) is 16.8 Å². The number of likely N-dealkylation sites (N-methyl/N-ethyl adjacent to an activating group) is 1. The predicted octanol–water partition coefficient (Wildman–Crippen LogP) is 2.63. The molecule has 2 aromatic rings. The van der Waals surface area contributed by atoms with Gasteiger partial charge in [-0.1, -0.05) is 12.1 Å². The van der Waals surface area contributed by atoms with E-state index in [-0.39, 0.29) is 5.91 Å². The van der Waals surface area contributed by atoms with Gasteiger partial charge in [-0.05, 0) is 51.6 Å². The molecular formula is C18H23N3O. The van der Waals surface area contributed by atoms with Crippen molar-refractivity contribution in [2.45, 2.75) is 20.3 Å². The van der Waals surface area contributed by atoms with Crippen molar-refractivity contribution in [3.05, 3.63) is 41.1 Å². The van der Waals surface area contributed by atoms with Gasteiger partial charge in [0.25, 0.3) is 5.91 Å². The quantitative estimate of drug-likeness (QED) is 0.812. The summed E-state index contributed by atoms with van der Waals surface area (Å²) in [5.41, 5.74) is 3.71. The maximum Gasteiger partial charge on any atom is 0.255 e. The number of hydrogen-bond donors (Lipinski definition) is 0. The molecule has 0 aliphatic carbocycles. The maximum atomic E-state index is 12.9. The van der Waals surface area contributed by atoms with Crippen molar-refractivity contribution in [3.8, 4) is 0 Å². The summed E-state index contributed by atoms with van der Waals surface area (Å²) < 4.78 is 0. The average molecular weight is 297 g/mol. The van der Waals surface area contributed by atoms with Gasteiger partial charge in [-0.15, -0.1) is 0 Å². The Hall–Kier alpha value is -1.94. The van der Waals surface area contributed by atoms with Gasteiger partial charge >= 0.3 is 0 Å². The smallest absolute Gasteiger partial charge is 0.255 e. The normalized spacial score (nSPS) is 16.8. The highest BCUT2D eigenvalue weighted by Crippen LogP contribution is 2.20. The number of carbonyl (C=O) groups is 1. The van der Waals surface area contributed by atoms with Gasteiger partial charge in [-0.3, -0.25) is 9.78 Å². The van der Waals surface area contributed by atoms with Crippen LogP contribution < -0.4 is 0 Å². The first-order valence-electron chi connectivity index (χ1n) is 7.90. The number of aryl methyl sites for hydroxylation is 2. The molecular weight excluding hydrogens is 274 g/mol. The molecule has 0 atom stereocenters. The van der Waals surface area contributed by atoms with E-state index < -0.39 is 0 Å². The lowest BCUT2D eigenvalue weighted by molar-refractivity contribution is 0.0762. The van der Waals surface area contributed by atoms with Gasteiger partial charge < -0.3 is 9.80 Å². The van der Waals surface area contributed by atoms with Crippen LogP contribution in [0, 0.1) is 13.8 Å². The van der Waals surface area contributed by atoms with Crippen LogP contribution in [-0.2, 0) is 0 Å². The Morgan fingerprint density at radius 1 is 1.09 bits per heavy atom. The van der Waals surface area contributed by atoms with Crippen LogP contribution in [0.15, 0.2) is 24.3 Å². The number of aromatic nitrogens is 1. The fourth-order valence-corrected chi connectivity index (χ4v) is 3.01. The summed E-state index contributed by atoms with van der Waals surface area (Å²) in [5, 5.41) is 1.03. The van der Waals surface area contributed by atoms with E-state index in [1.165, 1.54) is 5.56 Å². The molecule has 0 saturated carbocycles. The molecule has 0 unspecified atom stereocenters. The lowest BCUT2D eigenvalue weighted by Crippen LogP contribution is -2.35. The van der Waals surface area contributed by atoms with Gasteiger partial charge in [0.15, 0.2) is 0 Å². The Bertz CT molecular complexity index is 711. The summed E-state index contributed by atoms with van der Waals surface area (Å²) >= 11 is 0. The Labute approximate surface area is 131 Å². The summed E-state index contributed by atoms with van der Waals surface area (Å²) in [6.45, 7) is 7.60. The van der Waals surface area contributed by atoms with E-state index in [0.29, 0.717) is 0 Å². The first-order valence-corrected chi connectivity index (χ1v) is 7.90. The fraction of sp³-hybridized carbons (Fsp3) is 0.444. The highest BCUT2D eigenvalue weighted by Gasteiger charge is 2.21. The van der Waals surface area contributed by atoms with E-state index in [9.17, 15) is 4.79 Å². The standard InChI is InChI=1S/C18H23N3O/c1-13-5-6-15-12-16(14(2)19-17(15)11-13)18(22)21-8-4-7-20(3)9-10-21/h5-6,11-12H,4,7-10H2,1-3H3. The number of rotatable bonds is 1. The molecule has 1 fully saturated rings. The van der Waals surface area contributed by atoms with E-state index in [2.05, 4.69) is 36.0 Å². The molecule has 1 amide bonds. The van der Waals surface area contributed by atoms with E-state index in [4.69, 9.17) is 0 Å². The van der Waals surface area contributed by atoms with Gasteiger partial charge in [0, 0.05) is 25.0 Å². The molecule has 1 aliphatic rings. The second kappa shape index (κ2) is 6.05. The molecule has 4 nitrogen and oxygen atoms in total. The van der Waals surface area contributed by atoms with Gasteiger partial charge in [0.1, 0.15) is 0 Å². The second-order valence-electron chi connectivity index (χ2n) is 6.27. The van der Waals surface area contributed by atoms with E-state index in [1.807, 2.05) is 24.0 Å². The lowest BCUT2D eigenvalue weighted by Gasteiger charge is -2.21. The van der Waals surface area contributed by atoms with Gasteiger partial charge in [-0.2, -0.15) is 0 Å². The molecule has 2 heterocycles. The van der Waals surface area contributed by atoms with E-state index in [0.717, 1.165) is 54.8 Å². The predicted molar refractivity (Wildman–Crippen MR) is 89.2 cm³/mol. The molecule has 1 aliphatic heterocycles. The van der Waals surface area contributed by atoms with E-state index >= 15 is 0 Å². The van der Waals surface area contributed by atoms with Crippen molar-refractivity contribution in [3.63, 3.8) is 0 Å². The molecule has 1 saturated heterocycles. The van der Waals surface area contributed by atoms with Crippen LogP contribution in [-0.4, -0.2) is 53.9 Å². The van der Waals surface area contributed by atoms with Crippen molar-refractivity contribution < 1.29 is 4.79 Å². The van der Waals surface area contributed by atoms with Crippen LogP contribution in [0.1, 0.15) is 28.0 Å². The lowest BCUT2D eigenvalue weighted by atomic mass is 10.1. The third-order valence-corrected chi connectivity index (χ3v) is 4.40. The molecule has 0 radical (unpaired) electrons. The highest BCUT2D eigenvalue weighted by molar-refractivity contribution is 5.98. The van der Waals surface area contributed by atoms with Crippen molar-refractivity contribution in [2.24, 2.45) is 0 Å². The minimum atomic E-state index is 0.114. The summed E-state index contributed by atoms with van der Waals surface area (Å²) in [4.78, 5) is 21.7. The number of hydrogen-bond acceptors (Lipinski definition) is 3. The molecule has 1 aromatic carbocycles. The monoisotopic (exact) mass is 297 g/mol. The molecule has 0 spiro atoms. The van der Waals surface area contributed by atoms with Gasteiger partial charge in [0.2, 0.25) is 0 Å². The van der Waals surface area contributed by atoms with Gasteiger partial charge in [-0.25, -0.2) is 0 Å². The third kappa shape index (κ3) is 2.97. The zero-order valence-corrected chi connectivity index (χ0v) is 13.6.